The molecule has 14 nitrogen and oxygen atoms in total. The first kappa shape index (κ1) is 44.9. The van der Waals surface area contributed by atoms with Crippen LogP contribution in [0.5, 0.6) is 0 Å². The number of Topliss-reactive ketones (excluding diaryl/α,β-unsaturated/α-hetero) is 1. The Bertz CT molecular complexity index is 2010. The Morgan fingerprint density at radius 2 is 1.58 bits per heavy atom. The summed E-state index contributed by atoms with van der Waals surface area (Å²) in [6.45, 7) is 14.7. The molecule has 0 unspecified atom stereocenters. The predicted octanol–water partition coefficient (Wildman–Crippen LogP) is 5.44. The van der Waals surface area contributed by atoms with Crippen molar-refractivity contribution in [2.75, 3.05) is 20.3 Å². The van der Waals surface area contributed by atoms with Gasteiger partial charge in [-0.05, 0) is 75.3 Å². The molecule has 11 atom stereocenters. The second-order valence-electron chi connectivity index (χ2n) is 18.6. The van der Waals surface area contributed by atoms with E-state index in [1.165, 1.54) is 14.0 Å². The summed E-state index contributed by atoms with van der Waals surface area (Å²) in [7, 11) is 1.48. The average Bonchev–Trinajstić information content (AvgIpc) is 3.18. The van der Waals surface area contributed by atoms with E-state index in [0.29, 0.717) is 16.7 Å². The van der Waals surface area contributed by atoms with Crippen molar-refractivity contribution >= 4 is 29.8 Å². The number of carbonyl (C=O) groups excluding carboxylic acids is 5. The molecule has 2 saturated carbocycles. The Morgan fingerprint density at radius 3 is 2.12 bits per heavy atom. The molecular weight excluding hydrogens is 774 g/mol. The average molecular weight is 834 g/mol. The standard InChI is InChI=1S/C46H59NO13/c1-25-30(57-40(53)35(50)34(27-17-13-11-14-18-27)47-41(54)60-42(3,4)5)22-44(8)38(58-39(52)28-19-15-12-16-20-28)36-45(9,37(51)29(23-48)33(25)43(44,6)7)31(55-10)21-32-46(36,24-56-32)59-26(2)49/h11-20,29-32,34-36,38,48,50H,21-24H2,1-10H3,(H,47,54)/t29-,30+,31+,32-,34+,35-,36+,38+,44+,45-,46+/m1/s1. The van der Waals surface area contributed by atoms with Crippen LogP contribution in [-0.4, -0.2) is 102 Å². The van der Waals surface area contributed by atoms with Gasteiger partial charge in [0.2, 0.25) is 0 Å². The van der Waals surface area contributed by atoms with Gasteiger partial charge in [-0.2, -0.15) is 0 Å². The van der Waals surface area contributed by atoms with E-state index < -0.39 is 112 Å². The third-order valence-electron chi connectivity index (χ3n) is 13.8. The fourth-order valence-electron chi connectivity index (χ4n) is 10.6. The number of nitrogens with one attached hydrogen (secondary N) is 1. The maximum Gasteiger partial charge on any atom is 0.408 e. The van der Waals surface area contributed by atoms with Crippen LogP contribution in [0.15, 0.2) is 71.8 Å². The minimum absolute atomic E-state index is 0.00568. The number of ketones is 1. The highest BCUT2D eigenvalue weighted by Gasteiger charge is 2.77. The van der Waals surface area contributed by atoms with Crippen LogP contribution >= 0.6 is 0 Å². The molecule has 1 aliphatic heterocycles. The molecule has 0 radical (unpaired) electrons. The van der Waals surface area contributed by atoms with Gasteiger partial charge in [-0.1, -0.05) is 69.3 Å². The summed E-state index contributed by atoms with van der Waals surface area (Å²) in [5.41, 5.74) is -4.59. The van der Waals surface area contributed by atoms with Crippen molar-refractivity contribution in [3.8, 4) is 0 Å². The number of methoxy groups -OCH3 is 1. The van der Waals surface area contributed by atoms with Gasteiger partial charge in [0.05, 0.1) is 48.2 Å². The summed E-state index contributed by atoms with van der Waals surface area (Å²) in [5, 5.41) is 25.7. The molecule has 1 heterocycles. The maximum atomic E-state index is 15.6. The highest BCUT2D eigenvalue weighted by atomic mass is 16.6. The van der Waals surface area contributed by atoms with Crippen molar-refractivity contribution in [2.45, 2.75) is 123 Å². The first-order valence-corrected chi connectivity index (χ1v) is 20.5. The molecule has 2 aromatic carbocycles. The number of esters is 3. The monoisotopic (exact) mass is 833 g/mol. The summed E-state index contributed by atoms with van der Waals surface area (Å²) in [6, 6.07) is 15.5. The fourth-order valence-corrected chi connectivity index (χ4v) is 10.6. The lowest BCUT2D eigenvalue weighted by Crippen LogP contribution is -2.80. The summed E-state index contributed by atoms with van der Waals surface area (Å²) >= 11 is 0. The molecule has 1 amide bonds. The highest BCUT2D eigenvalue weighted by molar-refractivity contribution is 5.93. The Morgan fingerprint density at radius 1 is 0.967 bits per heavy atom. The van der Waals surface area contributed by atoms with Gasteiger partial charge in [-0.15, -0.1) is 0 Å². The fraction of sp³-hybridized carbons (Fsp3) is 0.587. The Balaban J connectivity index is 1.52. The molecule has 14 heteroatoms. The molecule has 2 aromatic rings. The smallest absolute Gasteiger partial charge is 0.408 e. The Labute approximate surface area is 351 Å². The first-order chi connectivity index (χ1) is 28.1. The summed E-state index contributed by atoms with van der Waals surface area (Å²) < 4.78 is 36.9. The van der Waals surface area contributed by atoms with Gasteiger partial charge in [0, 0.05) is 25.9 Å². The van der Waals surface area contributed by atoms with Crippen LogP contribution < -0.4 is 5.32 Å². The molecule has 0 spiro atoms. The molecule has 6 rings (SSSR count). The van der Waals surface area contributed by atoms with Crippen LogP contribution in [0, 0.1) is 28.1 Å². The lowest BCUT2D eigenvalue weighted by molar-refractivity contribution is -0.342. The minimum atomic E-state index is -1.93. The molecule has 326 valence electrons. The zero-order valence-electron chi connectivity index (χ0n) is 36.1. The van der Waals surface area contributed by atoms with Crippen molar-refractivity contribution in [3.63, 3.8) is 0 Å². The highest BCUT2D eigenvalue weighted by Crippen LogP contribution is 2.68. The SMILES string of the molecule is CO[C@H]1C[C@H]2OC[C@@]2(OC(C)=O)[C@H]2[C@H](OC(=O)c3ccccc3)[C@]3(C)C[C@H](OC(=O)[C@H](O)[C@@H](NC(=O)OC(C)(C)C)c4ccccc4)C(C)=C([C@@H](CO)C(=O)[C@]12C)C3(C)C. The third-order valence-corrected chi connectivity index (χ3v) is 13.8. The summed E-state index contributed by atoms with van der Waals surface area (Å²) in [6.07, 6.45) is -6.56. The molecule has 2 bridgehead atoms. The van der Waals surface area contributed by atoms with Gasteiger partial charge in [0.1, 0.15) is 23.9 Å². The number of carbonyl (C=O) groups is 5. The number of rotatable bonds is 10. The van der Waals surface area contributed by atoms with E-state index in [9.17, 15) is 29.4 Å². The van der Waals surface area contributed by atoms with Gasteiger partial charge >= 0.3 is 24.0 Å². The Hall–Kier alpha value is -4.63. The molecule has 3 N–H and O–H groups in total. The second kappa shape index (κ2) is 16.3. The largest absolute Gasteiger partial charge is 0.458 e. The van der Waals surface area contributed by atoms with E-state index in [4.69, 9.17) is 28.4 Å². The van der Waals surface area contributed by atoms with Crippen molar-refractivity contribution in [3.05, 3.63) is 82.9 Å². The number of ether oxygens (including phenoxy) is 6. The van der Waals surface area contributed by atoms with Crippen LogP contribution in [0.2, 0.25) is 0 Å². The van der Waals surface area contributed by atoms with Crippen LogP contribution in [-0.2, 0) is 42.8 Å². The van der Waals surface area contributed by atoms with E-state index in [-0.39, 0.29) is 25.0 Å². The number of aliphatic hydroxyl groups is 2. The van der Waals surface area contributed by atoms with Crippen molar-refractivity contribution in [2.24, 2.45) is 28.1 Å². The summed E-state index contributed by atoms with van der Waals surface area (Å²) in [4.78, 5) is 70.4. The number of benzene rings is 2. The van der Waals surface area contributed by atoms with Crippen LogP contribution in [0.25, 0.3) is 0 Å². The zero-order chi connectivity index (χ0) is 44.2. The van der Waals surface area contributed by atoms with Gasteiger partial charge in [-0.25, -0.2) is 14.4 Å². The summed E-state index contributed by atoms with van der Waals surface area (Å²) in [5.74, 6) is -5.09. The normalized spacial score (nSPS) is 33.0. The predicted molar refractivity (Wildman–Crippen MR) is 216 cm³/mol. The van der Waals surface area contributed by atoms with Gasteiger partial charge in [0.25, 0.3) is 0 Å². The van der Waals surface area contributed by atoms with Gasteiger partial charge < -0.3 is 44.0 Å². The van der Waals surface area contributed by atoms with Crippen LogP contribution in [0.4, 0.5) is 4.79 Å². The number of amides is 1. The molecular formula is C46H59NO13. The maximum absolute atomic E-state index is 15.6. The second-order valence-corrected chi connectivity index (χ2v) is 18.6. The molecule has 0 aromatic heterocycles. The number of alkyl carbamates (subject to hydrolysis) is 1. The topological polar surface area (TPSA) is 193 Å². The third kappa shape index (κ3) is 7.54. The quantitative estimate of drug-likeness (QED) is 0.156. The molecule has 3 fully saturated rings. The number of fused-ring (bicyclic) bond motifs is 5. The van der Waals surface area contributed by atoms with Gasteiger partial charge in [-0.3, -0.25) is 9.59 Å². The Kier molecular flexibility index (Phi) is 12.2. The lowest BCUT2D eigenvalue weighted by atomic mass is 9.41. The molecule has 1 saturated heterocycles. The van der Waals surface area contributed by atoms with Gasteiger partial charge in [0.15, 0.2) is 17.5 Å². The number of hydrogen-bond acceptors (Lipinski definition) is 13. The van der Waals surface area contributed by atoms with Crippen LogP contribution in [0.3, 0.4) is 0 Å². The first-order valence-electron chi connectivity index (χ1n) is 20.5. The van der Waals surface area contributed by atoms with E-state index in [2.05, 4.69) is 5.32 Å². The minimum Gasteiger partial charge on any atom is -0.458 e. The number of hydrogen-bond donors (Lipinski definition) is 3. The van der Waals surface area contributed by atoms with Crippen LogP contribution in [0.1, 0.15) is 97.1 Å². The number of aliphatic hydroxyl groups excluding tert-OH is 2. The van der Waals surface area contributed by atoms with E-state index in [1.807, 2.05) is 20.8 Å². The van der Waals surface area contributed by atoms with E-state index >= 15 is 4.79 Å². The molecule has 3 aliphatic carbocycles. The van der Waals surface area contributed by atoms with Crippen molar-refractivity contribution in [1.82, 2.24) is 5.32 Å². The van der Waals surface area contributed by atoms with Crippen molar-refractivity contribution in [1.29, 1.82) is 0 Å². The molecule has 60 heavy (non-hydrogen) atoms. The lowest BCUT2D eigenvalue weighted by Gasteiger charge is -2.68. The molecule has 4 aliphatic rings. The van der Waals surface area contributed by atoms with E-state index in [0.717, 1.165) is 0 Å². The zero-order valence-corrected chi connectivity index (χ0v) is 36.1. The van der Waals surface area contributed by atoms with Crippen molar-refractivity contribution < 1.29 is 62.6 Å². The van der Waals surface area contributed by atoms with E-state index in [1.54, 1.807) is 95.3 Å².